The normalized spacial score (nSPS) is 10.6. The Kier molecular flexibility index (Phi) is 6.12. The first kappa shape index (κ1) is 18.7. The number of amides is 2. The number of aryl methyl sites for hydroxylation is 1. The molecule has 2 amide bonds. The van der Waals surface area contributed by atoms with Gasteiger partial charge in [0.15, 0.2) is 0 Å². The molecule has 2 aromatic rings. The minimum absolute atomic E-state index is 0.0594. The zero-order valence-electron chi connectivity index (χ0n) is 14.9. The molecule has 0 saturated heterocycles. The Labute approximate surface area is 152 Å². The molecule has 2 rings (SSSR count). The third-order valence-electron chi connectivity index (χ3n) is 3.78. The SMILES string of the molecule is CC(=O)Nc1cccc(N/C=C(/C#N)C(=O)Nc2cccc(C)c2C)c1. The van der Waals surface area contributed by atoms with Crippen LogP contribution in [0.15, 0.2) is 54.2 Å². The lowest BCUT2D eigenvalue weighted by Gasteiger charge is -2.10. The Balaban J connectivity index is 2.12. The van der Waals surface area contributed by atoms with E-state index in [0.29, 0.717) is 17.1 Å². The fourth-order valence-corrected chi connectivity index (χ4v) is 2.27. The number of nitrogens with one attached hydrogen (secondary N) is 3. The maximum absolute atomic E-state index is 12.3. The smallest absolute Gasteiger partial charge is 0.267 e. The Hall–Kier alpha value is -3.59. The van der Waals surface area contributed by atoms with Crippen LogP contribution in [0, 0.1) is 25.2 Å². The molecule has 0 bridgehead atoms. The first-order valence-electron chi connectivity index (χ1n) is 8.02. The Morgan fingerprint density at radius 2 is 1.73 bits per heavy atom. The average molecular weight is 348 g/mol. The zero-order chi connectivity index (χ0) is 19.1. The van der Waals surface area contributed by atoms with Crippen LogP contribution in [0.3, 0.4) is 0 Å². The van der Waals surface area contributed by atoms with Crippen molar-refractivity contribution in [2.24, 2.45) is 0 Å². The number of hydrogen-bond donors (Lipinski definition) is 3. The molecule has 0 aromatic heterocycles. The van der Waals surface area contributed by atoms with Gasteiger partial charge >= 0.3 is 0 Å². The number of nitrogens with zero attached hydrogens (tertiary/aromatic N) is 1. The molecule has 0 saturated carbocycles. The van der Waals surface area contributed by atoms with E-state index >= 15 is 0 Å². The summed E-state index contributed by atoms with van der Waals surface area (Å²) in [5.74, 6) is -0.671. The van der Waals surface area contributed by atoms with Crippen LogP contribution in [-0.4, -0.2) is 11.8 Å². The van der Waals surface area contributed by atoms with Crippen LogP contribution < -0.4 is 16.0 Å². The van der Waals surface area contributed by atoms with Gasteiger partial charge in [-0.2, -0.15) is 5.26 Å². The molecule has 6 nitrogen and oxygen atoms in total. The molecule has 0 aliphatic rings. The molecule has 0 aliphatic carbocycles. The van der Waals surface area contributed by atoms with Gasteiger partial charge < -0.3 is 16.0 Å². The highest BCUT2D eigenvalue weighted by Crippen LogP contribution is 2.19. The van der Waals surface area contributed by atoms with Gasteiger partial charge in [-0.3, -0.25) is 9.59 Å². The summed E-state index contributed by atoms with van der Waals surface area (Å²) >= 11 is 0. The van der Waals surface area contributed by atoms with Crippen molar-refractivity contribution in [3.63, 3.8) is 0 Å². The topological polar surface area (TPSA) is 94.0 Å². The Bertz CT molecular complexity index is 910. The van der Waals surface area contributed by atoms with Gasteiger partial charge in [0.1, 0.15) is 11.6 Å². The highest BCUT2D eigenvalue weighted by Gasteiger charge is 2.11. The van der Waals surface area contributed by atoms with Crippen LogP contribution in [0.25, 0.3) is 0 Å². The number of carbonyl (C=O) groups excluding carboxylic acids is 2. The Morgan fingerprint density at radius 3 is 2.42 bits per heavy atom. The van der Waals surface area contributed by atoms with E-state index in [1.165, 1.54) is 13.1 Å². The monoisotopic (exact) mass is 348 g/mol. The fraction of sp³-hybridized carbons (Fsp3) is 0.150. The van der Waals surface area contributed by atoms with E-state index in [1.54, 1.807) is 30.3 Å². The molecule has 0 fully saturated rings. The maximum Gasteiger partial charge on any atom is 0.267 e. The van der Waals surface area contributed by atoms with E-state index in [9.17, 15) is 14.9 Å². The minimum atomic E-state index is -0.494. The summed E-state index contributed by atoms with van der Waals surface area (Å²) < 4.78 is 0. The summed E-state index contributed by atoms with van der Waals surface area (Å²) in [6.45, 7) is 5.29. The molecule has 6 heteroatoms. The molecule has 26 heavy (non-hydrogen) atoms. The number of benzene rings is 2. The first-order valence-corrected chi connectivity index (χ1v) is 8.02. The van der Waals surface area contributed by atoms with E-state index in [4.69, 9.17) is 0 Å². The lowest BCUT2D eigenvalue weighted by atomic mass is 10.1. The van der Waals surface area contributed by atoms with E-state index < -0.39 is 5.91 Å². The molecule has 0 unspecified atom stereocenters. The molecular formula is C20H20N4O2. The molecule has 2 aromatic carbocycles. The minimum Gasteiger partial charge on any atom is -0.360 e. The number of nitriles is 1. The fourth-order valence-electron chi connectivity index (χ4n) is 2.27. The number of anilines is 3. The van der Waals surface area contributed by atoms with Crippen LogP contribution in [0.1, 0.15) is 18.1 Å². The van der Waals surface area contributed by atoms with Crippen molar-refractivity contribution in [2.75, 3.05) is 16.0 Å². The van der Waals surface area contributed by atoms with Crippen LogP contribution in [0.5, 0.6) is 0 Å². The number of hydrogen-bond acceptors (Lipinski definition) is 4. The number of carbonyl (C=O) groups is 2. The standard InChI is InChI=1S/C20H20N4O2/c1-13-6-4-9-19(14(13)2)24-20(26)16(11-21)12-22-17-7-5-8-18(10-17)23-15(3)25/h4-10,12,22H,1-3H3,(H,23,25)(H,24,26)/b16-12-. The van der Waals surface area contributed by atoms with Gasteiger partial charge in [-0.15, -0.1) is 0 Å². The molecule has 3 N–H and O–H groups in total. The van der Waals surface area contributed by atoms with Crippen LogP contribution in [-0.2, 0) is 9.59 Å². The summed E-state index contributed by atoms with van der Waals surface area (Å²) in [6.07, 6.45) is 1.34. The molecular weight excluding hydrogens is 328 g/mol. The van der Waals surface area contributed by atoms with Crippen LogP contribution in [0.4, 0.5) is 17.1 Å². The Morgan fingerprint density at radius 1 is 1.04 bits per heavy atom. The average Bonchev–Trinajstić information content (AvgIpc) is 2.59. The third kappa shape index (κ3) is 4.95. The first-order chi connectivity index (χ1) is 12.4. The van der Waals surface area contributed by atoms with Gasteiger partial charge in [0.05, 0.1) is 0 Å². The summed E-state index contributed by atoms with van der Waals surface area (Å²) in [5, 5.41) is 17.6. The van der Waals surface area contributed by atoms with Gasteiger partial charge in [-0.25, -0.2) is 0 Å². The van der Waals surface area contributed by atoms with E-state index in [2.05, 4.69) is 16.0 Å². The molecule has 0 atom stereocenters. The lowest BCUT2D eigenvalue weighted by molar-refractivity contribution is -0.114. The van der Waals surface area contributed by atoms with Gasteiger partial charge in [0, 0.05) is 30.2 Å². The predicted octanol–water partition coefficient (Wildman–Crippen LogP) is 3.72. The van der Waals surface area contributed by atoms with Crippen molar-refractivity contribution in [1.82, 2.24) is 0 Å². The second-order valence-electron chi connectivity index (χ2n) is 5.78. The summed E-state index contributed by atoms with van der Waals surface area (Å²) in [4.78, 5) is 23.5. The van der Waals surface area contributed by atoms with Crippen molar-refractivity contribution in [2.45, 2.75) is 20.8 Å². The highest BCUT2D eigenvalue weighted by molar-refractivity contribution is 6.07. The second-order valence-corrected chi connectivity index (χ2v) is 5.78. The second kappa shape index (κ2) is 8.49. The largest absolute Gasteiger partial charge is 0.360 e. The van der Waals surface area contributed by atoms with Crippen LogP contribution in [0.2, 0.25) is 0 Å². The summed E-state index contributed by atoms with van der Waals surface area (Å²) in [5.41, 5.74) is 3.88. The third-order valence-corrected chi connectivity index (χ3v) is 3.78. The zero-order valence-corrected chi connectivity index (χ0v) is 14.9. The summed E-state index contributed by atoms with van der Waals surface area (Å²) in [7, 11) is 0. The van der Waals surface area contributed by atoms with Gasteiger partial charge in [0.2, 0.25) is 5.91 Å². The number of rotatable bonds is 5. The molecule has 132 valence electrons. The van der Waals surface area contributed by atoms with E-state index in [-0.39, 0.29) is 11.5 Å². The lowest BCUT2D eigenvalue weighted by Crippen LogP contribution is -2.15. The molecule has 0 spiro atoms. The quantitative estimate of drug-likeness (QED) is 0.567. The van der Waals surface area contributed by atoms with E-state index in [1.807, 2.05) is 32.0 Å². The molecule has 0 heterocycles. The molecule has 0 radical (unpaired) electrons. The van der Waals surface area contributed by atoms with Gasteiger partial charge in [-0.05, 0) is 49.2 Å². The van der Waals surface area contributed by atoms with Gasteiger partial charge in [-0.1, -0.05) is 18.2 Å². The van der Waals surface area contributed by atoms with Crippen molar-refractivity contribution in [3.8, 4) is 6.07 Å². The van der Waals surface area contributed by atoms with Crippen molar-refractivity contribution in [1.29, 1.82) is 5.26 Å². The van der Waals surface area contributed by atoms with Gasteiger partial charge in [0.25, 0.3) is 5.91 Å². The van der Waals surface area contributed by atoms with Crippen molar-refractivity contribution >= 4 is 28.9 Å². The summed E-state index contributed by atoms with van der Waals surface area (Å²) in [6, 6.07) is 14.4. The molecule has 0 aliphatic heterocycles. The van der Waals surface area contributed by atoms with Crippen LogP contribution >= 0.6 is 0 Å². The maximum atomic E-state index is 12.3. The van der Waals surface area contributed by atoms with Crippen molar-refractivity contribution in [3.05, 3.63) is 65.4 Å². The van der Waals surface area contributed by atoms with E-state index in [0.717, 1.165) is 11.1 Å². The predicted molar refractivity (Wildman–Crippen MR) is 103 cm³/mol. The van der Waals surface area contributed by atoms with Crippen molar-refractivity contribution < 1.29 is 9.59 Å². The highest BCUT2D eigenvalue weighted by atomic mass is 16.2.